The van der Waals surface area contributed by atoms with Gasteiger partial charge in [-0.1, -0.05) is 12.8 Å². The Morgan fingerprint density at radius 3 is 2.74 bits per heavy atom. The SMILES string of the molecule is CN=C(NCCCC1CC1)N1CCC(COC)C1.I. The average molecular weight is 381 g/mol. The smallest absolute Gasteiger partial charge is 0.193 e. The van der Waals surface area contributed by atoms with Crippen molar-refractivity contribution in [1.82, 2.24) is 10.2 Å². The second-order valence-electron chi connectivity index (χ2n) is 5.62. The van der Waals surface area contributed by atoms with Crippen LogP contribution in [0.3, 0.4) is 0 Å². The molecule has 2 fully saturated rings. The lowest BCUT2D eigenvalue weighted by Crippen LogP contribution is -2.40. The van der Waals surface area contributed by atoms with Gasteiger partial charge >= 0.3 is 0 Å². The number of ether oxygens (including phenoxy) is 1. The minimum atomic E-state index is 0. The van der Waals surface area contributed by atoms with Crippen molar-refractivity contribution in [3.63, 3.8) is 0 Å². The van der Waals surface area contributed by atoms with E-state index in [-0.39, 0.29) is 24.0 Å². The summed E-state index contributed by atoms with van der Waals surface area (Å²) >= 11 is 0. The van der Waals surface area contributed by atoms with Crippen molar-refractivity contribution in [2.24, 2.45) is 16.8 Å². The number of nitrogens with zero attached hydrogens (tertiary/aromatic N) is 2. The topological polar surface area (TPSA) is 36.9 Å². The molecule has 112 valence electrons. The molecule has 1 aliphatic carbocycles. The Morgan fingerprint density at radius 2 is 2.11 bits per heavy atom. The first-order valence-corrected chi connectivity index (χ1v) is 7.28. The van der Waals surface area contributed by atoms with E-state index in [1.807, 2.05) is 7.05 Å². The fraction of sp³-hybridized carbons (Fsp3) is 0.929. The Bertz CT molecular complexity index is 282. The normalized spacial score (nSPS) is 23.4. The van der Waals surface area contributed by atoms with E-state index in [4.69, 9.17) is 4.74 Å². The second kappa shape index (κ2) is 9.00. The van der Waals surface area contributed by atoms with Gasteiger partial charge in [0.25, 0.3) is 0 Å². The molecule has 0 amide bonds. The van der Waals surface area contributed by atoms with E-state index < -0.39 is 0 Å². The number of methoxy groups -OCH3 is 1. The largest absolute Gasteiger partial charge is 0.384 e. The lowest BCUT2D eigenvalue weighted by Gasteiger charge is -2.21. The summed E-state index contributed by atoms with van der Waals surface area (Å²) in [6.45, 7) is 4.12. The number of nitrogens with one attached hydrogen (secondary N) is 1. The van der Waals surface area contributed by atoms with Crippen LogP contribution >= 0.6 is 24.0 Å². The molecule has 1 unspecified atom stereocenters. The van der Waals surface area contributed by atoms with Crippen LogP contribution in [0.15, 0.2) is 4.99 Å². The first kappa shape index (κ1) is 17.0. The highest BCUT2D eigenvalue weighted by atomic mass is 127. The maximum absolute atomic E-state index is 5.23. The lowest BCUT2D eigenvalue weighted by molar-refractivity contribution is 0.157. The quantitative estimate of drug-likeness (QED) is 0.332. The van der Waals surface area contributed by atoms with E-state index in [1.165, 1.54) is 32.1 Å². The predicted octanol–water partition coefficient (Wildman–Crippen LogP) is 2.34. The van der Waals surface area contributed by atoms with E-state index in [0.717, 1.165) is 38.1 Å². The molecule has 0 aromatic rings. The van der Waals surface area contributed by atoms with E-state index in [0.29, 0.717) is 5.92 Å². The Hall–Kier alpha value is -0.0400. The molecule has 1 heterocycles. The number of aliphatic imine (C=N–C) groups is 1. The molecular formula is C14H28IN3O. The van der Waals surface area contributed by atoms with Crippen LogP contribution in [0.25, 0.3) is 0 Å². The van der Waals surface area contributed by atoms with Crippen molar-refractivity contribution in [3.8, 4) is 0 Å². The molecular weight excluding hydrogens is 353 g/mol. The van der Waals surface area contributed by atoms with Gasteiger partial charge in [-0.05, 0) is 25.2 Å². The zero-order valence-electron chi connectivity index (χ0n) is 12.2. The Kier molecular flexibility index (Phi) is 8.06. The Balaban J connectivity index is 0.00000180. The van der Waals surface area contributed by atoms with Gasteiger partial charge in [-0.15, -0.1) is 24.0 Å². The molecule has 4 nitrogen and oxygen atoms in total. The summed E-state index contributed by atoms with van der Waals surface area (Å²) in [6, 6.07) is 0. The summed E-state index contributed by atoms with van der Waals surface area (Å²) in [5.74, 6) is 2.77. The van der Waals surface area contributed by atoms with Crippen LogP contribution in [0.5, 0.6) is 0 Å². The van der Waals surface area contributed by atoms with Crippen molar-refractivity contribution >= 4 is 29.9 Å². The molecule has 0 spiro atoms. The zero-order chi connectivity index (χ0) is 12.8. The van der Waals surface area contributed by atoms with Crippen molar-refractivity contribution in [2.75, 3.05) is 40.4 Å². The van der Waals surface area contributed by atoms with Gasteiger partial charge in [0.15, 0.2) is 5.96 Å². The van der Waals surface area contributed by atoms with Crippen LogP contribution in [-0.2, 0) is 4.74 Å². The number of hydrogen-bond acceptors (Lipinski definition) is 2. The van der Waals surface area contributed by atoms with Crippen LogP contribution in [0.4, 0.5) is 0 Å². The number of halogens is 1. The van der Waals surface area contributed by atoms with E-state index >= 15 is 0 Å². The van der Waals surface area contributed by atoms with Crippen LogP contribution < -0.4 is 5.32 Å². The van der Waals surface area contributed by atoms with Crippen molar-refractivity contribution in [3.05, 3.63) is 0 Å². The van der Waals surface area contributed by atoms with Crippen LogP contribution in [0.1, 0.15) is 32.1 Å². The highest BCUT2D eigenvalue weighted by Crippen LogP contribution is 2.33. The molecule has 1 aliphatic heterocycles. The van der Waals surface area contributed by atoms with Crippen molar-refractivity contribution < 1.29 is 4.74 Å². The standard InChI is InChI=1S/C14H27N3O.HI/c1-15-14(16-8-3-4-12-5-6-12)17-9-7-13(10-17)11-18-2;/h12-13H,3-11H2,1-2H3,(H,15,16);1H. The van der Waals surface area contributed by atoms with Gasteiger partial charge in [-0.3, -0.25) is 4.99 Å². The minimum Gasteiger partial charge on any atom is -0.384 e. The summed E-state index contributed by atoms with van der Waals surface area (Å²) < 4.78 is 5.23. The molecule has 1 atom stereocenters. The van der Waals surface area contributed by atoms with Crippen LogP contribution in [-0.4, -0.2) is 51.3 Å². The van der Waals surface area contributed by atoms with Gasteiger partial charge in [0.2, 0.25) is 0 Å². The monoisotopic (exact) mass is 381 g/mol. The van der Waals surface area contributed by atoms with Crippen molar-refractivity contribution in [1.29, 1.82) is 0 Å². The fourth-order valence-electron chi connectivity index (χ4n) is 2.73. The summed E-state index contributed by atoms with van der Waals surface area (Å²) in [5, 5.41) is 3.49. The third-order valence-corrected chi connectivity index (χ3v) is 3.97. The fourth-order valence-corrected chi connectivity index (χ4v) is 2.73. The average Bonchev–Trinajstić information content (AvgIpc) is 3.09. The molecule has 0 bridgehead atoms. The third-order valence-electron chi connectivity index (χ3n) is 3.97. The number of hydrogen-bond donors (Lipinski definition) is 1. The van der Waals surface area contributed by atoms with Crippen LogP contribution in [0, 0.1) is 11.8 Å². The first-order chi connectivity index (χ1) is 8.83. The van der Waals surface area contributed by atoms with Gasteiger partial charge < -0.3 is 15.0 Å². The number of rotatable bonds is 6. The summed E-state index contributed by atoms with van der Waals surface area (Å²) in [6.07, 6.45) is 6.80. The molecule has 1 saturated carbocycles. The van der Waals surface area contributed by atoms with Gasteiger partial charge in [0.1, 0.15) is 0 Å². The van der Waals surface area contributed by atoms with Gasteiger partial charge in [-0.2, -0.15) is 0 Å². The van der Waals surface area contributed by atoms with Gasteiger partial charge in [0.05, 0.1) is 6.61 Å². The molecule has 0 aromatic heterocycles. The predicted molar refractivity (Wildman–Crippen MR) is 90.3 cm³/mol. The summed E-state index contributed by atoms with van der Waals surface area (Å²) in [5.41, 5.74) is 0. The molecule has 0 radical (unpaired) electrons. The molecule has 1 saturated heterocycles. The Morgan fingerprint density at radius 1 is 1.32 bits per heavy atom. The van der Waals surface area contributed by atoms with Gasteiger partial charge in [-0.25, -0.2) is 0 Å². The molecule has 19 heavy (non-hydrogen) atoms. The first-order valence-electron chi connectivity index (χ1n) is 7.28. The number of guanidine groups is 1. The van der Waals surface area contributed by atoms with Crippen LogP contribution in [0.2, 0.25) is 0 Å². The van der Waals surface area contributed by atoms with E-state index in [1.54, 1.807) is 7.11 Å². The maximum atomic E-state index is 5.23. The minimum absolute atomic E-state index is 0. The zero-order valence-corrected chi connectivity index (χ0v) is 14.6. The summed E-state index contributed by atoms with van der Waals surface area (Å²) in [4.78, 5) is 6.75. The molecule has 2 rings (SSSR count). The third kappa shape index (κ3) is 5.85. The number of likely N-dealkylation sites (tertiary alicyclic amines) is 1. The van der Waals surface area contributed by atoms with Crippen molar-refractivity contribution in [2.45, 2.75) is 32.1 Å². The highest BCUT2D eigenvalue weighted by molar-refractivity contribution is 14.0. The van der Waals surface area contributed by atoms with E-state index in [2.05, 4.69) is 15.2 Å². The molecule has 1 N–H and O–H groups in total. The second-order valence-corrected chi connectivity index (χ2v) is 5.62. The highest BCUT2D eigenvalue weighted by Gasteiger charge is 2.24. The molecule has 2 aliphatic rings. The van der Waals surface area contributed by atoms with Gasteiger partial charge in [0, 0.05) is 39.7 Å². The molecule has 5 heteroatoms. The summed E-state index contributed by atoms with van der Waals surface area (Å²) in [7, 11) is 3.67. The Labute approximate surface area is 134 Å². The van der Waals surface area contributed by atoms with E-state index in [9.17, 15) is 0 Å². The molecule has 0 aromatic carbocycles. The maximum Gasteiger partial charge on any atom is 0.193 e. The lowest BCUT2D eigenvalue weighted by atomic mass is 10.1.